The zero-order chi connectivity index (χ0) is 13.1. The monoisotopic (exact) mass is 252 g/mol. The molecule has 3 aromatic rings. The third-order valence-corrected chi connectivity index (χ3v) is 2.94. The molecule has 19 heavy (non-hydrogen) atoms. The molecule has 1 aromatic carbocycles. The fourth-order valence-electron chi connectivity index (χ4n) is 1.97. The van der Waals surface area contributed by atoms with Gasteiger partial charge in [0.25, 0.3) is 0 Å². The van der Waals surface area contributed by atoms with Crippen molar-refractivity contribution in [2.24, 2.45) is 0 Å². The van der Waals surface area contributed by atoms with Gasteiger partial charge in [-0.1, -0.05) is 6.07 Å². The van der Waals surface area contributed by atoms with E-state index in [0.717, 1.165) is 30.2 Å². The van der Waals surface area contributed by atoms with E-state index in [4.69, 9.17) is 4.42 Å². The number of hydrogen-bond donors (Lipinski definition) is 0. The lowest BCUT2D eigenvalue weighted by molar-refractivity contribution is 0.112. The van der Waals surface area contributed by atoms with Gasteiger partial charge in [-0.25, -0.2) is 4.98 Å². The Morgan fingerprint density at radius 2 is 2.16 bits per heavy atom. The van der Waals surface area contributed by atoms with E-state index >= 15 is 0 Å². The number of rotatable bonds is 4. The van der Waals surface area contributed by atoms with Gasteiger partial charge in [-0.2, -0.15) is 0 Å². The maximum Gasteiger partial charge on any atom is 0.195 e. The molecule has 0 N–H and O–H groups in total. The number of carbonyl (C=O) groups is 1. The Hall–Kier alpha value is -2.49. The molecule has 0 fully saturated rings. The van der Waals surface area contributed by atoms with E-state index in [1.807, 2.05) is 18.3 Å². The van der Waals surface area contributed by atoms with Crippen molar-refractivity contribution < 1.29 is 9.21 Å². The molecular formula is C15H12N2O2. The second-order valence-corrected chi connectivity index (χ2v) is 4.31. The zero-order valence-corrected chi connectivity index (χ0v) is 10.2. The molecule has 2 aromatic heterocycles. The zero-order valence-electron chi connectivity index (χ0n) is 10.2. The quantitative estimate of drug-likeness (QED) is 0.670. The van der Waals surface area contributed by atoms with Crippen LogP contribution in [0, 0.1) is 0 Å². The summed E-state index contributed by atoms with van der Waals surface area (Å²) in [6.07, 6.45) is 5.96. The molecule has 0 aliphatic heterocycles. The van der Waals surface area contributed by atoms with Crippen LogP contribution in [0.1, 0.15) is 21.8 Å². The Balaban J connectivity index is 1.80. The van der Waals surface area contributed by atoms with Crippen LogP contribution in [-0.2, 0) is 12.8 Å². The van der Waals surface area contributed by atoms with Gasteiger partial charge in [0, 0.05) is 24.4 Å². The van der Waals surface area contributed by atoms with Crippen LogP contribution in [0.25, 0.3) is 11.1 Å². The normalized spacial score (nSPS) is 10.7. The molecule has 0 bridgehead atoms. The number of pyridine rings is 1. The minimum absolute atomic E-state index is 0.611. The average molecular weight is 252 g/mol. The number of aldehydes is 1. The first-order valence-corrected chi connectivity index (χ1v) is 6.09. The Labute approximate surface area is 110 Å². The van der Waals surface area contributed by atoms with Crippen LogP contribution in [0.5, 0.6) is 0 Å². The van der Waals surface area contributed by atoms with Gasteiger partial charge in [0.2, 0.25) is 0 Å². The van der Waals surface area contributed by atoms with Crippen molar-refractivity contribution in [3.63, 3.8) is 0 Å². The number of aromatic nitrogens is 2. The first kappa shape index (κ1) is 11.6. The SMILES string of the molecule is O=Cc1ccc2oc(CCc3cccnc3)nc2c1. The fourth-order valence-corrected chi connectivity index (χ4v) is 1.97. The Bertz CT molecular complexity index is 704. The lowest BCUT2D eigenvalue weighted by Crippen LogP contribution is -1.91. The van der Waals surface area contributed by atoms with Crippen molar-refractivity contribution >= 4 is 17.4 Å². The van der Waals surface area contributed by atoms with Crippen LogP contribution in [0.3, 0.4) is 0 Å². The molecule has 0 atom stereocenters. The lowest BCUT2D eigenvalue weighted by Gasteiger charge is -1.96. The summed E-state index contributed by atoms with van der Waals surface area (Å²) >= 11 is 0. The fraction of sp³-hybridized carbons (Fsp3) is 0.133. The summed E-state index contributed by atoms with van der Waals surface area (Å²) in [5.41, 5.74) is 3.20. The molecule has 0 spiro atoms. The number of oxazole rings is 1. The molecule has 0 aliphatic rings. The Kier molecular flexibility index (Phi) is 3.06. The van der Waals surface area contributed by atoms with E-state index in [1.54, 1.807) is 24.4 Å². The maximum atomic E-state index is 10.7. The molecule has 2 heterocycles. The third-order valence-electron chi connectivity index (χ3n) is 2.94. The summed E-state index contributed by atoms with van der Waals surface area (Å²) in [4.78, 5) is 19.2. The van der Waals surface area contributed by atoms with E-state index in [-0.39, 0.29) is 0 Å². The minimum Gasteiger partial charge on any atom is -0.441 e. The number of aryl methyl sites for hydroxylation is 2. The molecule has 4 nitrogen and oxygen atoms in total. The van der Waals surface area contributed by atoms with Crippen molar-refractivity contribution in [1.29, 1.82) is 0 Å². The highest BCUT2D eigenvalue weighted by molar-refractivity contribution is 5.83. The second kappa shape index (κ2) is 5.02. The second-order valence-electron chi connectivity index (χ2n) is 4.31. The summed E-state index contributed by atoms with van der Waals surface area (Å²) in [7, 11) is 0. The standard InChI is InChI=1S/C15H12N2O2/c18-10-12-3-5-14-13(8-12)17-15(19-14)6-4-11-2-1-7-16-9-11/h1-3,5,7-10H,4,6H2. The molecule has 3 rings (SSSR count). The number of fused-ring (bicyclic) bond motifs is 1. The number of nitrogens with zero attached hydrogens (tertiary/aromatic N) is 2. The predicted molar refractivity (Wildman–Crippen MR) is 71.0 cm³/mol. The van der Waals surface area contributed by atoms with E-state index in [9.17, 15) is 4.79 Å². The highest BCUT2D eigenvalue weighted by atomic mass is 16.3. The van der Waals surface area contributed by atoms with Gasteiger partial charge >= 0.3 is 0 Å². The van der Waals surface area contributed by atoms with Crippen LogP contribution >= 0.6 is 0 Å². The van der Waals surface area contributed by atoms with Gasteiger partial charge in [-0.15, -0.1) is 0 Å². The predicted octanol–water partition coefficient (Wildman–Crippen LogP) is 2.82. The van der Waals surface area contributed by atoms with E-state index in [2.05, 4.69) is 9.97 Å². The average Bonchev–Trinajstić information content (AvgIpc) is 2.88. The van der Waals surface area contributed by atoms with Crippen LogP contribution in [0.4, 0.5) is 0 Å². The van der Waals surface area contributed by atoms with Crippen molar-refractivity contribution in [3.05, 3.63) is 59.7 Å². The van der Waals surface area contributed by atoms with Crippen molar-refractivity contribution in [2.75, 3.05) is 0 Å². The van der Waals surface area contributed by atoms with Gasteiger partial charge in [0.15, 0.2) is 11.5 Å². The molecular weight excluding hydrogens is 240 g/mol. The largest absolute Gasteiger partial charge is 0.441 e. The molecule has 0 saturated carbocycles. The first-order chi connectivity index (χ1) is 9.35. The van der Waals surface area contributed by atoms with E-state index < -0.39 is 0 Å². The van der Waals surface area contributed by atoms with Crippen molar-refractivity contribution in [1.82, 2.24) is 9.97 Å². The van der Waals surface area contributed by atoms with Gasteiger partial charge in [-0.05, 0) is 36.2 Å². The van der Waals surface area contributed by atoms with Crippen LogP contribution in [0.15, 0.2) is 47.1 Å². The Morgan fingerprint density at radius 3 is 2.95 bits per heavy atom. The van der Waals surface area contributed by atoms with Crippen LogP contribution in [-0.4, -0.2) is 16.3 Å². The molecule has 0 aliphatic carbocycles. The van der Waals surface area contributed by atoms with Crippen molar-refractivity contribution in [3.8, 4) is 0 Å². The van der Waals surface area contributed by atoms with Crippen LogP contribution in [0.2, 0.25) is 0 Å². The molecule has 0 saturated heterocycles. The van der Waals surface area contributed by atoms with E-state index in [1.165, 1.54) is 0 Å². The van der Waals surface area contributed by atoms with Gasteiger partial charge in [0.05, 0.1) is 0 Å². The smallest absolute Gasteiger partial charge is 0.195 e. The summed E-state index contributed by atoms with van der Waals surface area (Å²) in [5.74, 6) is 0.682. The maximum absolute atomic E-state index is 10.7. The minimum atomic E-state index is 0.611. The summed E-state index contributed by atoms with van der Waals surface area (Å²) in [6.45, 7) is 0. The molecule has 4 heteroatoms. The van der Waals surface area contributed by atoms with Gasteiger partial charge in [-0.3, -0.25) is 9.78 Å². The highest BCUT2D eigenvalue weighted by Gasteiger charge is 2.06. The molecule has 94 valence electrons. The molecule has 0 radical (unpaired) electrons. The molecule has 0 amide bonds. The molecule has 0 unspecified atom stereocenters. The van der Waals surface area contributed by atoms with E-state index in [0.29, 0.717) is 17.0 Å². The topological polar surface area (TPSA) is 56.0 Å². The first-order valence-electron chi connectivity index (χ1n) is 6.09. The number of benzene rings is 1. The van der Waals surface area contributed by atoms with Gasteiger partial charge < -0.3 is 4.42 Å². The number of carbonyl (C=O) groups excluding carboxylic acids is 1. The lowest BCUT2D eigenvalue weighted by atomic mass is 10.1. The summed E-state index contributed by atoms with van der Waals surface area (Å²) in [6, 6.07) is 9.18. The van der Waals surface area contributed by atoms with Crippen molar-refractivity contribution in [2.45, 2.75) is 12.8 Å². The Morgan fingerprint density at radius 1 is 1.21 bits per heavy atom. The van der Waals surface area contributed by atoms with Crippen LogP contribution < -0.4 is 0 Å². The summed E-state index contributed by atoms with van der Waals surface area (Å²) < 4.78 is 5.64. The summed E-state index contributed by atoms with van der Waals surface area (Å²) in [5, 5.41) is 0. The third kappa shape index (κ3) is 2.52. The highest BCUT2D eigenvalue weighted by Crippen LogP contribution is 2.17. The van der Waals surface area contributed by atoms with Gasteiger partial charge in [0.1, 0.15) is 11.8 Å². The number of hydrogen-bond acceptors (Lipinski definition) is 4.